The lowest BCUT2D eigenvalue weighted by Crippen LogP contribution is -2.40. The molecule has 134 valence electrons. The molecule has 24 heavy (non-hydrogen) atoms. The number of carbonyl (C=O) groups is 1. The van der Waals surface area contributed by atoms with Crippen LogP contribution in [0.3, 0.4) is 0 Å². The van der Waals surface area contributed by atoms with Gasteiger partial charge in [0.15, 0.2) is 5.96 Å². The van der Waals surface area contributed by atoms with Crippen molar-refractivity contribution < 1.29 is 4.79 Å². The Balaban J connectivity index is 1.72. The summed E-state index contributed by atoms with van der Waals surface area (Å²) in [6.45, 7) is 8.38. The molecular weight excluding hydrogens is 320 g/mol. The van der Waals surface area contributed by atoms with E-state index in [2.05, 4.69) is 47.0 Å². The number of likely N-dealkylation sites (tertiary alicyclic amines) is 1. The van der Waals surface area contributed by atoms with E-state index in [4.69, 9.17) is 0 Å². The van der Waals surface area contributed by atoms with E-state index in [0.717, 1.165) is 51.4 Å². The van der Waals surface area contributed by atoms with Gasteiger partial charge in [-0.05, 0) is 43.6 Å². The molecule has 0 saturated carbocycles. The third-order valence-corrected chi connectivity index (χ3v) is 5.02. The number of rotatable bonds is 8. The third kappa shape index (κ3) is 6.51. The topological polar surface area (TPSA) is 56.7 Å². The Bertz CT molecular complexity index is 509. The Morgan fingerprint density at radius 3 is 2.83 bits per heavy atom. The van der Waals surface area contributed by atoms with Crippen LogP contribution < -0.4 is 10.6 Å². The molecule has 1 aromatic heterocycles. The van der Waals surface area contributed by atoms with Crippen LogP contribution in [-0.4, -0.2) is 49.5 Å². The Hall–Kier alpha value is -1.56. The van der Waals surface area contributed by atoms with E-state index in [1.165, 1.54) is 4.88 Å². The minimum absolute atomic E-state index is 0.252. The minimum Gasteiger partial charge on any atom is -0.357 e. The fraction of sp³-hybridized carbons (Fsp3) is 0.667. The van der Waals surface area contributed by atoms with Crippen LogP contribution in [0.15, 0.2) is 22.5 Å². The van der Waals surface area contributed by atoms with Crippen LogP contribution in [0, 0.1) is 5.92 Å². The first-order chi connectivity index (χ1) is 11.7. The number of nitrogens with zero attached hydrogens (tertiary/aromatic N) is 2. The fourth-order valence-corrected chi connectivity index (χ4v) is 3.71. The van der Waals surface area contributed by atoms with Gasteiger partial charge in [0.25, 0.3) is 0 Å². The monoisotopic (exact) mass is 350 g/mol. The van der Waals surface area contributed by atoms with Crippen LogP contribution >= 0.6 is 11.3 Å². The summed E-state index contributed by atoms with van der Waals surface area (Å²) in [7, 11) is 0. The lowest BCUT2D eigenvalue weighted by Gasteiger charge is -2.16. The fourth-order valence-electron chi connectivity index (χ4n) is 2.84. The molecule has 1 amide bonds. The van der Waals surface area contributed by atoms with E-state index >= 15 is 0 Å². The van der Waals surface area contributed by atoms with Gasteiger partial charge in [0, 0.05) is 44.0 Å². The molecule has 2 rings (SSSR count). The number of amides is 1. The van der Waals surface area contributed by atoms with Gasteiger partial charge < -0.3 is 15.5 Å². The first-order valence-corrected chi connectivity index (χ1v) is 9.89. The Morgan fingerprint density at radius 2 is 2.17 bits per heavy atom. The summed E-state index contributed by atoms with van der Waals surface area (Å²) >= 11 is 1.80. The molecule has 1 aliphatic rings. The molecule has 0 bridgehead atoms. The maximum Gasteiger partial charge on any atom is 0.224 e. The average molecular weight is 351 g/mol. The highest BCUT2D eigenvalue weighted by Gasteiger charge is 2.17. The maximum atomic E-state index is 12.1. The molecule has 1 atom stereocenters. The minimum atomic E-state index is 0.252. The van der Waals surface area contributed by atoms with Gasteiger partial charge in [-0.25, -0.2) is 0 Å². The van der Waals surface area contributed by atoms with E-state index in [-0.39, 0.29) is 5.91 Å². The second-order valence-corrected chi connectivity index (χ2v) is 7.41. The Morgan fingerprint density at radius 1 is 1.38 bits per heavy atom. The Labute approximate surface area is 149 Å². The molecule has 1 aromatic rings. The lowest BCUT2D eigenvalue weighted by molar-refractivity contribution is -0.129. The zero-order chi connectivity index (χ0) is 17.2. The number of thiophene rings is 1. The number of aliphatic imine (C=N–C) groups is 1. The molecule has 1 unspecified atom stereocenters. The Kier molecular flexibility index (Phi) is 8.08. The van der Waals surface area contributed by atoms with Gasteiger partial charge in [0.2, 0.25) is 5.91 Å². The average Bonchev–Trinajstić information content (AvgIpc) is 3.26. The largest absolute Gasteiger partial charge is 0.357 e. The van der Waals surface area contributed by atoms with Crippen LogP contribution in [0.5, 0.6) is 0 Å². The predicted octanol–water partition coefficient (Wildman–Crippen LogP) is 2.49. The SMILES string of the molecule is CCNC(=NCC(C)Cc1cccs1)NCCC(=O)N1CCCC1. The summed E-state index contributed by atoms with van der Waals surface area (Å²) in [6, 6.07) is 4.28. The molecule has 0 spiro atoms. The molecule has 6 heteroatoms. The molecule has 0 aliphatic carbocycles. The maximum absolute atomic E-state index is 12.1. The van der Waals surface area contributed by atoms with Gasteiger partial charge >= 0.3 is 0 Å². The van der Waals surface area contributed by atoms with Crippen molar-refractivity contribution in [2.45, 2.75) is 39.5 Å². The molecule has 0 aromatic carbocycles. The van der Waals surface area contributed by atoms with Crippen molar-refractivity contribution in [3.63, 3.8) is 0 Å². The summed E-state index contributed by atoms with van der Waals surface area (Å²) in [5.41, 5.74) is 0. The number of carbonyl (C=O) groups excluding carboxylic acids is 1. The molecule has 0 radical (unpaired) electrons. The van der Waals surface area contributed by atoms with Crippen molar-refractivity contribution in [2.75, 3.05) is 32.7 Å². The normalized spacial score (nSPS) is 16.2. The van der Waals surface area contributed by atoms with Crippen molar-refractivity contribution in [2.24, 2.45) is 10.9 Å². The predicted molar refractivity (Wildman–Crippen MR) is 102 cm³/mol. The van der Waals surface area contributed by atoms with Crippen molar-refractivity contribution in [3.8, 4) is 0 Å². The second-order valence-electron chi connectivity index (χ2n) is 6.37. The van der Waals surface area contributed by atoms with Crippen molar-refractivity contribution in [1.82, 2.24) is 15.5 Å². The van der Waals surface area contributed by atoms with Crippen LogP contribution in [0.4, 0.5) is 0 Å². The molecule has 1 aliphatic heterocycles. The van der Waals surface area contributed by atoms with Crippen LogP contribution in [0.2, 0.25) is 0 Å². The number of hydrogen-bond acceptors (Lipinski definition) is 3. The van der Waals surface area contributed by atoms with E-state index in [1.54, 1.807) is 11.3 Å². The first kappa shape index (κ1) is 18.8. The number of hydrogen-bond donors (Lipinski definition) is 2. The van der Waals surface area contributed by atoms with Gasteiger partial charge in [0.1, 0.15) is 0 Å². The van der Waals surface area contributed by atoms with Crippen LogP contribution in [0.25, 0.3) is 0 Å². The molecule has 1 fully saturated rings. The first-order valence-electron chi connectivity index (χ1n) is 9.01. The smallest absolute Gasteiger partial charge is 0.224 e. The molecular formula is C18H30N4OS. The highest BCUT2D eigenvalue weighted by molar-refractivity contribution is 7.09. The lowest BCUT2D eigenvalue weighted by atomic mass is 10.1. The van der Waals surface area contributed by atoms with Crippen molar-refractivity contribution >= 4 is 23.2 Å². The molecule has 1 saturated heterocycles. The van der Waals surface area contributed by atoms with Crippen molar-refractivity contribution in [3.05, 3.63) is 22.4 Å². The van der Waals surface area contributed by atoms with E-state index in [1.807, 2.05) is 4.90 Å². The van der Waals surface area contributed by atoms with Gasteiger partial charge in [-0.15, -0.1) is 11.3 Å². The van der Waals surface area contributed by atoms with Gasteiger partial charge in [-0.2, -0.15) is 0 Å². The summed E-state index contributed by atoms with van der Waals surface area (Å²) in [5, 5.41) is 8.66. The number of guanidine groups is 1. The quantitative estimate of drug-likeness (QED) is 0.559. The zero-order valence-electron chi connectivity index (χ0n) is 14.9. The zero-order valence-corrected chi connectivity index (χ0v) is 15.7. The second kappa shape index (κ2) is 10.3. The van der Waals surface area contributed by atoms with Gasteiger partial charge in [-0.1, -0.05) is 13.0 Å². The summed E-state index contributed by atoms with van der Waals surface area (Å²) in [6.07, 6.45) is 3.89. The van der Waals surface area contributed by atoms with Gasteiger partial charge in [0.05, 0.1) is 0 Å². The van der Waals surface area contributed by atoms with E-state index < -0.39 is 0 Å². The number of nitrogens with one attached hydrogen (secondary N) is 2. The van der Waals surface area contributed by atoms with E-state index in [9.17, 15) is 4.79 Å². The highest BCUT2D eigenvalue weighted by atomic mass is 32.1. The molecule has 5 nitrogen and oxygen atoms in total. The summed E-state index contributed by atoms with van der Waals surface area (Å²) < 4.78 is 0. The highest BCUT2D eigenvalue weighted by Crippen LogP contribution is 2.14. The van der Waals surface area contributed by atoms with Crippen molar-refractivity contribution in [1.29, 1.82) is 0 Å². The summed E-state index contributed by atoms with van der Waals surface area (Å²) in [4.78, 5) is 20.1. The third-order valence-electron chi connectivity index (χ3n) is 4.13. The molecule has 2 N–H and O–H groups in total. The van der Waals surface area contributed by atoms with Crippen LogP contribution in [-0.2, 0) is 11.2 Å². The molecule has 2 heterocycles. The van der Waals surface area contributed by atoms with Gasteiger partial charge in [-0.3, -0.25) is 9.79 Å². The van der Waals surface area contributed by atoms with E-state index in [0.29, 0.717) is 18.9 Å². The van der Waals surface area contributed by atoms with Crippen LogP contribution in [0.1, 0.15) is 38.0 Å². The standard InChI is InChI=1S/C18H30N4OS/c1-3-19-18(20-9-8-17(23)22-10-4-5-11-22)21-14-15(2)13-16-7-6-12-24-16/h6-7,12,15H,3-5,8-11,13-14H2,1-2H3,(H2,19,20,21). The summed E-state index contributed by atoms with van der Waals surface area (Å²) in [5.74, 6) is 1.57.